The number of amides is 1. The number of halogens is 1. The Morgan fingerprint density at radius 1 is 1.53 bits per heavy atom. The summed E-state index contributed by atoms with van der Waals surface area (Å²) in [5.74, 6) is 0.315. The van der Waals surface area contributed by atoms with Crippen molar-refractivity contribution < 1.29 is 9.18 Å². The molecule has 2 heterocycles. The summed E-state index contributed by atoms with van der Waals surface area (Å²) >= 11 is 1.87. The molecular formula is C12H15FN2OS. The van der Waals surface area contributed by atoms with Gasteiger partial charge in [0.15, 0.2) is 0 Å². The molecule has 0 aromatic carbocycles. The third kappa shape index (κ3) is 2.97. The Balaban J connectivity index is 2.12. The number of nitrogens with zero attached hydrogens (tertiary/aromatic N) is 2. The molecule has 17 heavy (non-hydrogen) atoms. The molecule has 1 aliphatic rings. The maximum absolute atomic E-state index is 12.7. The lowest BCUT2D eigenvalue weighted by Crippen LogP contribution is -2.46. The highest BCUT2D eigenvalue weighted by molar-refractivity contribution is 8.00. The maximum atomic E-state index is 12.7. The van der Waals surface area contributed by atoms with Gasteiger partial charge in [0.05, 0.1) is 5.56 Å². The molecule has 0 N–H and O–H groups in total. The molecule has 2 rings (SSSR count). The molecular weight excluding hydrogens is 239 g/mol. The lowest BCUT2D eigenvalue weighted by molar-refractivity contribution is 0.0747. The van der Waals surface area contributed by atoms with E-state index in [0.717, 1.165) is 12.3 Å². The van der Waals surface area contributed by atoms with Crippen molar-refractivity contribution in [2.24, 2.45) is 0 Å². The average Bonchev–Trinajstić information content (AvgIpc) is 2.28. The third-order valence-electron chi connectivity index (χ3n) is 2.69. The second kappa shape index (κ2) is 4.64. The molecule has 1 fully saturated rings. The summed E-state index contributed by atoms with van der Waals surface area (Å²) in [6, 6.07) is 2.70. The van der Waals surface area contributed by atoms with E-state index in [2.05, 4.69) is 18.8 Å². The summed E-state index contributed by atoms with van der Waals surface area (Å²) in [5.41, 5.74) is 0.453. The zero-order valence-electron chi connectivity index (χ0n) is 9.94. The number of pyridine rings is 1. The van der Waals surface area contributed by atoms with Gasteiger partial charge in [-0.15, -0.1) is 0 Å². The van der Waals surface area contributed by atoms with Gasteiger partial charge in [-0.3, -0.25) is 4.79 Å². The zero-order chi connectivity index (χ0) is 12.5. The number of hydrogen-bond donors (Lipinski definition) is 0. The molecule has 3 nitrogen and oxygen atoms in total. The first-order chi connectivity index (χ1) is 7.98. The van der Waals surface area contributed by atoms with Crippen molar-refractivity contribution in [2.75, 3.05) is 18.8 Å². The number of carbonyl (C=O) groups excluding carboxylic acids is 1. The van der Waals surface area contributed by atoms with E-state index in [4.69, 9.17) is 0 Å². The number of carbonyl (C=O) groups is 1. The third-order valence-corrected chi connectivity index (χ3v) is 3.98. The van der Waals surface area contributed by atoms with Crippen LogP contribution in [-0.2, 0) is 0 Å². The van der Waals surface area contributed by atoms with Gasteiger partial charge >= 0.3 is 0 Å². The molecule has 0 atom stereocenters. The van der Waals surface area contributed by atoms with Crippen LogP contribution < -0.4 is 0 Å². The largest absolute Gasteiger partial charge is 0.336 e. The van der Waals surface area contributed by atoms with Gasteiger partial charge in [-0.05, 0) is 26.0 Å². The van der Waals surface area contributed by atoms with Crippen LogP contribution >= 0.6 is 11.8 Å². The zero-order valence-corrected chi connectivity index (χ0v) is 10.8. The molecule has 0 bridgehead atoms. The molecule has 0 unspecified atom stereocenters. The molecule has 1 aromatic rings. The molecule has 0 radical (unpaired) electrons. The Kier molecular flexibility index (Phi) is 3.38. The van der Waals surface area contributed by atoms with Crippen molar-refractivity contribution in [3.63, 3.8) is 0 Å². The first-order valence-corrected chi connectivity index (χ1v) is 6.51. The number of aromatic nitrogens is 1. The van der Waals surface area contributed by atoms with E-state index in [0.29, 0.717) is 12.1 Å². The van der Waals surface area contributed by atoms with Gasteiger partial charge in [-0.1, -0.05) is 0 Å². The van der Waals surface area contributed by atoms with Crippen LogP contribution in [0.3, 0.4) is 0 Å². The van der Waals surface area contributed by atoms with Gasteiger partial charge in [-0.25, -0.2) is 4.98 Å². The lowest BCUT2D eigenvalue weighted by Gasteiger charge is -2.37. The molecule has 1 amide bonds. The smallest absolute Gasteiger partial charge is 0.255 e. The van der Waals surface area contributed by atoms with Crippen LogP contribution in [0.25, 0.3) is 0 Å². The lowest BCUT2D eigenvalue weighted by atomic mass is 10.1. The predicted molar refractivity (Wildman–Crippen MR) is 66.6 cm³/mol. The number of hydrogen-bond acceptors (Lipinski definition) is 3. The van der Waals surface area contributed by atoms with E-state index in [1.165, 1.54) is 18.3 Å². The summed E-state index contributed by atoms with van der Waals surface area (Å²) in [6.45, 7) is 5.71. The molecule has 0 spiro atoms. The highest BCUT2D eigenvalue weighted by Crippen LogP contribution is 2.30. The van der Waals surface area contributed by atoms with E-state index in [1.54, 1.807) is 0 Å². The fraction of sp³-hybridized carbons (Fsp3) is 0.500. The van der Waals surface area contributed by atoms with Crippen molar-refractivity contribution in [3.05, 3.63) is 29.8 Å². The summed E-state index contributed by atoms with van der Waals surface area (Å²) < 4.78 is 12.8. The topological polar surface area (TPSA) is 33.2 Å². The monoisotopic (exact) mass is 254 g/mol. The van der Waals surface area contributed by atoms with E-state index < -0.39 is 5.95 Å². The normalized spacial score (nSPS) is 19.1. The number of thioether (sulfide) groups is 1. The minimum absolute atomic E-state index is 0.0640. The predicted octanol–water partition coefficient (Wildman–Crippen LogP) is 2.19. The summed E-state index contributed by atoms with van der Waals surface area (Å²) in [6.07, 6.45) is 1.30. The Morgan fingerprint density at radius 3 is 2.88 bits per heavy atom. The fourth-order valence-corrected chi connectivity index (χ4v) is 2.99. The molecule has 1 saturated heterocycles. The Hall–Kier alpha value is -1.10. The van der Waals surface area contributed by atoms with Gasteiger partial charge in [0.2, 0.25) is 5.95 Å². The van der Waals surface area contributed by atoms with Crippen LogP contribution in [0.4, 0.5) is 4.39 Å². The molecule has 1 aliphatic heterocycles. The summed E-state index contributed by atoms with van der Waals surface area (Å²) in [5, 5.41) is 0. The van der Waals surface area contributed by atoms with Crippen LogP contribution in [0.1, 0.15) is 24.2 Å². The minimum Gasteiger partial charge on any atom is -0.336 e. The van der Waals surface area contributed by atoms with E-state index in [1.807, 2.05) is 16.7 Å². The minimum atomic E-state index is -0.559. The van der Waals surface area contributed by atoms with Crippen LogP contribution in [-0.4, -0.2) is 39.4 Å². The Labute approximate surface area is 104 Å². The van der Waals surface area contributed by atoms with Crippen molar-refractivity contribution in [2.45, 2.75) is 18.6 Å². The number of rotatable bonds is 1. The van der Waals surface area contributed by atoms with Crippen molar-refractivity contribution in [1.82, 2.24) is 9.88 Å². The molecule has 0 aliphatic carbocycles. The first-order valence-electron chi connectivity index (χ1n) is 5.53. The van der Waals surface area contributed by atoms with Crippen molar-refractivity contribution >= 4 is 17.7 Å². The quantitative estimate of drug-likeness (QED) is 0.720. The Morgan fingerprint density at radius 2 is 2.29 bits per heavy atom. The van der Waals surface area contributed by atoms with Gasteiger partial charge in [0, 0.05) is 29.8 Å². The van der Waals surface area contributed by atoms with Gasteiger partial charge in [0.1, 0.15) is 0 Å². The van der Waals surface area contributed by atoms with E-state index in [9.17, 15) is 9.18 Å². The van der Waals surface area contributed by atoms with E-state index in [-0.39, 0.29) is 10.7 Å². The van der Waals surface area contributed by atoms with Gasteiger partial charge in [-0.2, -0.15) is 16.2 Å². The van der Waals surface area contributed by atoms with Crippen LogP contribution in [0.5, 0.6) is 0 Å². The standard InChI is InChI=1S/C12H15FN2OS/c1-12(2)8-15(5-6-17-12)11(16)9-3-4-10(13)14-7-9/h3-4,7H,5-6,8H2,1-2H3. The first kappa shape index (κ1) is 12.4. The molecule has 0 saturated carbocycles. The highest BCUT2D eigenvalue weighted by atomic mass is 32.2. The van der Waals surface area contributed by atoms with Gasteiger partial charge in [0.25, 0.3) is 5.91 Å². The molecule has 92 valence electrons. The van der Waals surface area contributed by atoms with E-state index >= 15 is 0 Å². The fourth-order valence-electron chi connectivity index (χ4n) is 1.87. The van der Waals surface area contributed by atoms with Gasteiger partial charge < -0.3 is 4.90 Å². The Bertz CT molecular complexity index is 419. The average molecular weight is 254 g/mol. The van der Waals surface area contributed by atoms with Crippen LogP contribution in [0.15, 0.2) is 18.3 Å². The SMILES string of the molecule is CC1(C)CN(C(=O)c2ccc(F)nc2)CCS1. The van der Waals surface area contributed by atoms with Crippen LogP contribution in [0.2, 0.25) is 0 Å². The summed E-state index contributed by atoms with van der Waals surface area (Å²) in [7, 11) is 0. The second-order valence-corrected chi connectivity index (χ2v) is 6.51. The molecule has 1 aromatic heterocycles. The highest BCUT2D eigenvalue weighted by Gasteiger charge is 2.30. The van der Waals surface area contributed by atoms with Crippen molar-refractivity contribution in [1.29, 1.82) is 0 Å². The van der Waals surface area contributed by atoms with Crippen LogP contribution in [0, 0.1) is 5.95 Å². The van der Waals surface area contributed by atoms with Crippen molar-refractivity contribution in [3.8, 4) is 0 Å². The summed E-state index contributed by atoms with van der Waals surface area (Å²) in [4.78, 5) is 17.5. The maximum Gasteiger partial charge on any atom is 0.255 e. The molecule has 5 heteroatoms. The second-order valence-electron chi connectivity index (χ2n) is 4.70.